The number of hydrogen-bond acceptors (Lipinski definition) is 2. The summed E-state index contributed by atoms with van der Waals surface area (Å²) in [5.74, 6) is 3.06. The molecule has 0 bridgehead atoms. The quantitative estimate of drug-likeness (QED) is 0.450. The van der Waals surface area contributed by atoms with Gasteiger partial charge in [-0.1, -0.05) is 69.3 Å². The van der Waals surface area contributed by atoms with Gasteiger partial charge in [-0.15, -0.1) is 0 Å². The number of carbonyl (C=O) groups excluding carboxylic acids is 2. The number of Topliss-reactive ketones (excluding diaryl/α,β-unsaturated/α-hetero) is 2. The number of fused-ring (bicyclic) bond motifs is 5. The van der Waals surface area contributed by atoms with Crippen LogP contribution in [-0.4, -0.2) is 11.6 Å². The van der Waals surface area contributed by atoms with E-state index < -0.39 is 0 Å². The zero-order chi connectivity index (χ0) is 23.7. The summed E-state index contributed by atoms with van der Waals surface area (Å²) >= 11 is 0. The van der Waals surface area contributed by atoms with Crippen molar-refractivity contribution >= 4 is 11.6 Å². The molecule has 0 saturated heterocycles. The van der Waals surface area contributed by atoms with Crippen molar-refractivity contribution in [3.8, 4) is 0 Å². The van der Waals surface area contributed by atoms with E-state index in [1.54, 1.807) is 5.56 Å². The normalized spacial score (nSPS) is 36.0. The molecule has 4 aliphatic rings. The molecular weight excluding hydrogens is 416 g/mol. The second kappa shape index (κ2) is 7.90. The van der Waals surface area contributed by atoms with Crippen LogP contribution < -0.4 is 0 Å². The summed E-state index contributed by atoms with van der Waals surface area (Å²) in [7, 11) is 0. The number of rotatable bonds is 3. The summed E-state index contributed by atoms with van der Waals surface area (Å²) in [4.78, 5) is 26.2. The molecular formula is C32H38O2. The van der Waals surface area contributed by atoms with E-state index in [0.29, 0.717) is 35.2 Å². The van der Waals surface area contributed by atoms with E-state index in [2.05, 4.69) is 39.0 Å². The van der Waals surface area contributed by atoms with Gasteiger partial charge in [-0.25, -0.2) is 0 Å². The number of benzene rings is 2. The van der Waals surface area contributed by atoms with Crippen molar-refractivity contribution in [1.82, 2.24) is 0 Å². The molecule has 0 N–H and O–H groups in total. The highest BCUT2D eigenvalue weighted by Crippen LogP contribution is 2.60. The average Bonchev–Trinajstić information content (AvgIpc) is 3.33. The highest BCUT2D eigenvalue weighted by atomic mass is 16.1. The average molecular weight is 455 g/mol. The van der Waals surface area contributed by atoms with E-state index >= 15 is 0 Å². The van der Waals surface area contributed by atoms with Gasteiger partial charge in [0.2, 0.25) is 0 Å². The van der Waals surface area contributed by atoms with E-state index in [-0.39, 0.29) is 16.7 Å². The minimum Gasteiger partial charge on any atom is -0.299 e. The number of aryl methyl sites for hydroxylation is 1. The Morgan fingerprint density at radius 2 is 1.68 bits per heavy atom. The summed E-state index contributed by atoms with van der Waals surface area (Å²) < 4.78 is 0. The lowest BCUT2D eigenvalue weighted by Crippen LogP contribution is -2.42. The highest BCUT2D eigenvalue weighted by molar-refractivity contribution is 5.98. The van der Waals surface area contributed by atoms with Gasteiger partial charge in [0.1, 0.15) is 5.78 Å². The summed E-state index contributed by atoms with van der Waals surface area (Å²) in [5, 5.41) is 0. The van der Waals surface area contributed by atoms with Crippen LogP contribution in [0.2, 0.25) is 0 Å². The van der Waals surface area contributed by atoms with Gasteiger partial charge < -0.3 is 0 Å². The topological polar surface area (TPSA) is 34.1 Å². The first kappa shape index (κ1) is 22.3. The fourth-order valence-corrected chi connectivity index (χ4v) is 8.60. The molecule has 2 nitrogen and oxygen atoms in total. The second-order valence-corrected chi connectivity index (χ2v) is 12.8. The van der Waals surface area contributed by atoms with Crippen LogP contribution in [-0.2, 0) is 11.2 Å². The SMILES string of the molecule is CC1(C)C[C@H](C(=O)c2ccccc2)[C@@H](c2ccc3c(c2)CC[C@@H]2[C@@H]3CC[C@]3(C)C(=O)CC[C@@H]23)C1. The first-order chi connectivity index (χ1) is 16.3. The Labute approximate surface area is 204 Å². The Morgan fingerprint density at radius 3 is 2.47 bits per heavy atom. The van der Waals surface area contributed by atoms with Crippen molar-refractivity contribution in [1.29, 1.82) is 0 Å². The molecule has 3 saturated carbocycles. The Hall–Kier alpha value is -2.22. The summed E-state index contributed by atoms with van der Waals surface area (Å²) in [6.07, 6.45) is 8.49. The van der Waals surface area contributed by atoms with Crippen LogP contribution >= 0.6 is 0 Å². The molecule has 0 aliphatic heterocycles. The lowest BCUT2D eigenvalue weighted by molar-refractivity contribution is -0.129. The van der Waals surface area contributed by atoms with Crippen molar-refractivity contribution in [2.45, 2.75) is 84.0 Å². The molecule has 2 aromatic carbocycles. The summed E-state index contributed by atoms with van der Waals surface area (Å²) in [6, 6.07) is 17.1. The van der Waals surface area contributed by atoms with E-state index in [9.17, 15) is 9.59 Å². The second-order valence-electron chi connectivity index (χ2n) is 12.8. The molecule has 178 valence electrons. The number of ketones is 2. The van der Waals surface area contributed by atoms with Gasteiger partial charge in [-0.3, -0.25) is 9.59 Å². The third-order valence-electron chi connectivity index (χ3n) is 10.3. The third kappa shape index (κ3) is 3.43. The molecule has 2 aromatic rings. The highest BCUT2D eigenvalue weighted by Gasteiger charge is 2.54. The predicted octanol–water partition coefficient (Wildman–Crippen LogP) is 7.51. The molecule has 0 amide bonds. The van der Waals surface area contributed by atoms with E-state index in [1.807, 2.05) is 30.3 Å². The first-order valence-corrected chi connectivity index (χ1v) is 13.5. The fourth-order valence-electron chi connectivity index (χ4n) is 8.60. The van der Waals surface area contributed by atoms with Crippen molar-refractivity contribution in [3.05, 3.63) is 70.8 Å². The number of hydrogen-bond donors (Lipinski definition) is 0. The van der Waals surface area contributed by atoms with Crippen molar-refractivity contribution < 1.29 is 9.59 Å². The lowest BCUT2D eigenvalue weighted by Gasteiger charge is -2.48. The van der Waals surface area contributed by atoms with Gasteiger partial charge in [-0.05, 0) is 90.7 Å². The largest absolute Gasteiger partial charge is 0.299 e. The molecule has 0 aromatic heterocycles. The third-order valence-corrected chi connectivity index (χ3v) is 10.3. The van der Waals surface area contributed by atoms with Crippen LogP contribution in [0.15, 0.2) is 48.5 Å². The molecule has 3 fully saturated rings. The number of carbonyl (C=O) groups is 2. The predicted molar refractivity (Wildman–Crippen MR) is 136 cm³/mol. The van der Waals surface area contributed by atoms with Crippen molar-refractivity contribution in [2.24, 2.45) is 28.6 Å². The van der Waals surface area contributed by atoms with Gasteiger partial charge in [0.05, 0.1) is 0 Å². The van der Waals surface area contributed by atoms with Gasteiger partial charge in [-0.2, -0.15) is 0 Å². The summed E-state index contributed by atoms with van der Waals surface area (Å²) in [6.45, 7) is 6.90. The maximum atomic E-state index is 13.5. The Kier molecular flexibility index (Phi) is 5.17. The molecule has 0 spiro atoms. The van der Waals surface area contributed by atoms with E-state index in [4.69, 9.17) is 0 Å². The van der Waals surface area contributed by atoms with Gasteiger partial charge in [0, 0.05) is 23.3 Å². The maximum Gasteiger partial charge on any atom is 0.166 e. The van der Waals surface area contributed by atoms with Crippen LogP contribution in [0, 0.1) is 28.6 Å². The molecule has 6 atom stereocenters. The maximum absolute atomic E-state index is 13.5. The van der Waals surface area contributed by atoms with Crippen LogP contribution in [0.3, 0.4) is 0 Å². The molecule has 0 unspecified atom stereocenters. The van der Waals surface area contributed by atoms with Crippen LogP contribution in [0.4, 0.5) is 0 Å². The zero-order valence-electron chi connectivity index (χ0n) is 21.0. The van der Waals surface area contributed by atoms with Crippen molar-refractivity contribution in [3.63, 3.8) is 0 Å². The minimum atomic E-state index is -0.0565. The zero-order valence-corrected chi connectivity index (χ0v) is 21.0. The fraction of sp³-hybridized carbons (Fsp3) is 0.562. The Balaban J connectivity index is 1.30. The molecule has 0 heterocycles. The standard InChI is InChI=1S/C32H38O2/c1-31(2)18-26(27(19-31)30(34)20-7-5-4-6-8-20)22-9-11-23-21(17-22)10-12-25-24(23)15-16-32(3)28(25)13-14-29(32)33/h4-9,11,17,24-28H,10,12-16,18-19H2,1-3H3/t24-,25-,26-,27+,28+,32+/m1/s1. The van der Waals surface area contributed by atoms with E-state index in [0.717, 1.165) is 50.5 Å². The van der Waals surface area contributed by atoms with Crippen LogP contribution in [0.25, 0.3) is 0 Å². The van der Waals surface area contributed by atoms with Crippen LogP contribution in [0.5, 0.6) is 0 Å². The van der Waals surface area contributed by atoms with Crippen LogP contribution in [0.1, 0.15) is 105 Å². The Bertz CT molecular complexity index is 1130. The van der Waals surface area contributed by atoms with Crippen molar-refractivity contribution in [2.75, 3.05) is 0 Å². The van der Waals surface area contributed by atoms with Gasteiger partial charge in [0.15, 0.2) is 5.78 Å². The lowest BCUT2D eigenvalue weighted by atomic mass is 9.55. The molecule has 2 heteroatoms. The molecule has 6 rings (SSSR count). The first-order valence-electron chi connectivity index (χ1n) is 13.5. The molecule has 4 aliphatic carbocycles. The minimum absolute atomic E-state index is 0.0565. The monoisotopic (exact) mass is 454 g/mol. The van der Waals surface area contributed by atoms with Gasteiger partial charge in [0.25, 0.3) is 0 Å². The Morgan fingerprint density at radius 1 is 0.882 bits per heavy atom. The molecule has 34 heavy (non-hydrogen) atoms. The van der Waals surface area contributed by atoms with Gasteiger partial charge >= 0.3 is 0 Å². The van der Waals surface area contributed by atoms with E-state index in [1.165, 1.54) is 17.5 Å². The summed E-state index contributed by atoms with van der Waals surface area (Å²) in [5.41, 5.74) is 5.41. The molecule has 0 radical (unpaired) electrons. The smallest absolute Gasteiger partial charge is 0.166 e.